The number of pyridine rings is 1. The third-order valence-corrected chi connectivity index (χ3v) is 6.25. The Bertz CT molecular complexity index is 872. The number of hydrogen-bond acceptors (Lipinski definition) is 6. The first kappa shape index (κ1) is 17.1. The Balaban J connectivity index is 1.49. The number of fused-ring (bicyclic) bond motifs is 1. The van der Waals surface area contributed by atoms with Crippen molar-refractivity contribution in [1.29, 1.82) is 0 Å². The molecule has 0 amide bonds. The molecule has 1 fully saturated rings. The van der Waals surface area contributed by atoms with Crippen LogP contribution in [0.4, 0.5) is 0 Å². The van der Waals surface area contributed by atoms with Gasteiger partial charge in [-0.25, -0.2) is 13.4 Å². The molecule has 0 N–H and O–H groups in total. The predicted molar refractivity (Wildman–Crippen MR) is 94.1 cm³/mol. The van der Waals surface area contributed by atoms with Crippen LogP contribution in [0.1, 0.15) is 12.8 Å². The second-order valence-corrected chi connectivity index (χ2v) is 8.16. The molecule has 2 aromatic rings. The van der Waals surface area contributed by atoms with Crippen molar-refractivity contribution in [3.05, 3.63) is 42.6 Å². The average molecular weight is 376 g/mol. The maximum Gasteiger partial charge on any atom is 0.243 e. The van der Waals surface area contributed by atoms with Crippen LogP contribution in [0.3, 0.4) is 0 Å². The highest BCUT2D eigenvalue weighted by Gasteiger charge is 2.34. The first-order valence-corrected chi connectivity index (χ1v) is 10.0. The maximum atomic E-state index is 13.0. The van der Waals surface area contributed by atoms with Crippen LogP contribution in [0.5, 0.6) is 17.4 Å². The third kappa shape index (κ3) is 3.47. The van der Waals surface area contributed by atoms with Gasteiger partial charge in [0.05, 0.1) is 24.7 Å². The summed E-state index contributed by atoms with van der Waals surface area (Å²) in [7, 11) is -3.61. The van der Waals surface area contributed by atoms with Gasteiger partial charge in [0.2, 0.25) is 15.9 Å². The third-order valence-electron chi connectivity index (χ3n) is 4.39. The van der Waals surface area contributed by atoms with Gasteiger partial charge < -0.3 is 14.2 Å². The molecule has 0 spiro atoms. The molecular weight excluding hydrogens is 356 g/mol. The second-order valence-electron chi connectivity index (χ2n) is 6.22. The molecule has 7 nitrogen and oxygen atoms in total. The second kappa shape index (κ2) is 7.13. The van der Waals surface area contributed by atoms with E-state index in [4.69, 9.17) is 14.2 Å². The molecule has 3 heterocycles. The highest BCUT2D eigenvalue weighted by Crippen LogP contribution is 2.33. The van der Waals surface area contributed by atoms with Crippen LogP contribution in [0.25, 0.3) is 0 Å². The Labute approximate surface area is 152 Å². The number of aromatic nitrogens is 1. The number of rotatable bonds is 4. The van der Waals surface area contributed by atoms with E-state index in [0.717, 1.165) is 6.42 Å². The van der Waals surface area contributed by atoms with Gasteiger partial charge in [-0.2, -0.15) is 4.31 Å². The van der Waals surface area contributed by atoms with Crippen molar-refractivity contribution in [2.24, 2.45) is 0 Å². The van der Waals surface area contributed by atoms with Crippen LogP contribution in [0, 0.1) is 0 Å². The average Bonchev–Trinajstić information content (AvgIpc) is 2.99. The monoisotopic (exact) mass is 376 g/mol. The minimum atomic E-state index is -3.61. The van der Waals surface area contributed by atoms with Gasteiger partial charge in [0.25, 0.3) is 0 Å². The van der Waals surface area contributed by atoms with Crippen molar-refractivity contribution in [2.45, 2.75) is 23.8 Å². The van der Waals surface area contributed by atoms with Gasteiger partial charge in [-0.1, -0.05) is 6.07 Å². The van der Waals surface area contributed by atoms with Crippen molar-refractivity contribution in [2.75, 3.05) is 26.3 Å². The summed E-state index contributed by atoms with van der Waals surface area (Å²) in [6, 6.07) is 10.2. The van der Waals surface area contributed by atoms with Gasteiger partial charge in [0.15, 0.2) is 11.5 Å². The molecule has 2 aliphatic heterocycles. The van der Waals surface area contributed by atoms with E-state index in [9.17, 15) is 8.42 Å². The molecule has 0 saturated carbocycles. The van der Waals surface area contributed by atoms with E-state index in [1.165, 1.54) is 4.31 Å². The fraction of sp³-hybridized carbons (Fsp3) is 0.389. The number of sulfonamides is 1. The normalized spacial score (nSPS) is 20.5. The zero-order chi connectivity index (χ0) is 18.0. The molecule has 0 bridgehead atoms. The highest BCUT2D eigenvalue weighted by molar-refractivity contribution is 7.89. The van der Waals surface area contributed by atoms with E-state index in [0.29, 0.717) is 50.1 Å². The van der Waals surface area contributed by atoms with Crippen LogP contribution in [0.2, 0.25) is 0 Å². The number of nitrogens with zero attached hydrogens (tertiary/aromatic N) is 2. The maximum absolute atomic E-state index is 13.0. The Morgan fingerprint density at radius 1 is 1.12 bits per heavy atom. The lowest BCUT2D eigenvalue weighted by atomic mass is 10.3. The highest BCUT2D eigenvalue weighted by atomic mass is 32.2. The molecule has 1 atom stereocenters. The standard InChI is InChI=1S/C18H20N2O5S/c21-26(22,15-5-6-16-17(12-15)24-11-3-10-23-16)20-9-7-14(13-20)25-18-4-1-2-8-19-18/h1-2,4-6,8,12,14H,3,7,9-11,13H2. The number of ether oxygens (including phenoxy) is 3. The van der Waals surface area contributed by atoms with Gasteiger partial charge in [0, 0.05) is 31.3 Å². The topological polar surface area (TPSA) is 78.0 Å². The molecule has 2 aliphatic rings. The van der Waals surface area contributed by atoms with E-state index in [2.05, 4.69) is 4.98 Å². The Morgan fingerprint density at radius 3 is 2.77 bits per heavy atom. The Morgan fingerprint density at radius 2 is 1.96 bits per heavy atom. The van der Waals surface area contributed by atoms with E-state index < -0.39 is 10.0 Å². The first-order valence-electron chi connectivity index (χ1n) is 8.60. The lowest BCUT2D eigenvalue weighted by Crippen LogP contribution is -2.31. The molecule has 0 aliphatic carbocycles. The summed E-state index contributed by atoms with van der Waals surface area (Å²) in [6.07, 6.45) is 2.84. The lowest BCUT2D eigenvalue weighted by molar-refractivity contribution is 0.207. The van der Waals surface area contributed by atoms with Crippen LogP contribution >= 0.6 is 0 Å². The Hall–Kier alpha value is -2.32. The molecule has 138 valence electrons. The van der Waals surface area contributed by atoms with Crippen molar-refractivity contribution in [3.8, 4) is 17.4 Å². The van der Waals surface area contributed by atoms with E-state index >= 15 is 0 Å². The molecule has 8 heteroatoms. The zero-order valence-electron chi connectivity index (χ0n) is 14.2. The van der Waals surface area contributed by atoms with E-state index in [1.54, 1.807) is 30.5 Å². The summed E-state index contributed by atoms with van der Waals surface area (Å²) < 4.78 is 44.3. The van der Waals surface area contributed by atoms with Crippen molar-refractivity contribution < 1.29 is 22.6 Å². The molecule has 4 rings (SSSR count). The molecule has 1 unspecified atom stereocenters. The zero-order valence-corrected chi connectivity index (χ0v) is 15.0. The van der Waals surface area contributed by atoms with Gasteiger partial charge >= 0.3 is 0 Å². The van der Waals surface area contributed by atoms with Crippen LogP contribution in [-0.2, 0) is 10.0 Å². The van der Waals surface area contributed by atoms with Gasteiger partial charge in [-0.15, -0.1) is 0 Å². The largest absolute Gasteiger partial charge is 0.490 e. The molecular formula is C18H20N2O5S. The number of benzene rings is 1. The summed E-state index contributed by atoms with van der Waals surface area (Å²) in [5.41, 5.74) is 0. The van der Waals surface area contributed by atoms with Gasteiger partial charge in [-0.3, -0.25) is 0 Å². The molecule has 1 aromatic carbocycles. The van der Waals surface area contributed by atoms with E-state index in [-0.39, 0.29) is 11.0 Å². The van der Waals surface area contributed by atoms with Crippen molar-refractivity contribution >= 4 is 10.0 Å². The molecule has 1 aromatic heterocycles. The first-order chi connectivity index (χ1) is 12.6. The summed E-state index contributed by atoms with van der Waals surface area (Å²) in [5.74, 6) is 1.57. The quantitative estimate of drug-likeness (QED) is 0.813. The summed E-state index contributed by atoms with van der Waals surface area (Å²) in [5, 5.41) is 0. The van der Waals surface area contributed by atoms with E-state index in [1.807, 2.05) is 12.1 Å². The molecule has 0 radical (unpaired) electrons. The minimum Gasteiger partial charge on any atom is -0.490 e. The number of hydrogen-bond donors (Lipinski definition) is 0. The van der Waals surface area contributed by atoms with Crippen LogP contribution in [-0.4, -0.2) is 50.1 Å². The molecule has 1 saturated heterocycles. The minimum absolute atomic E-state index is 0.208. The smallest absolute Gasteiger partial charge is 0.243 e. The lowest BCUT2D eigenvalue weighted by Gasteiger charge is -2.18. The fourth-order valence-corrected chi connectivity index (χ4v) is 4.56. The van der Waals surface area contributed by atoms with Crippen LogP contribution in [0.15, 0.2) is 47.5 Å². The summed E-state index contributed by atoms with van der Waals surface area (Å²) in [4.78, 5) is 4.33. The van der Waals surface area contributed by atoms with Crippen molar-refractivity contribution in [1.82, 2.24) is 9.29 Å². The Kier molecular flexibility index (Phi) is 4.69. The van der Waals surface area contributed by atoms with Crippen LogP contribution < -0.4 is 14.2 Å². The molecule has 26 heavy (non-hydrogen) atoms. The van der Waals surface area contributed by atoms with Gasteiger partial charge in [0.1, 0.15) is 6.10 Å². The predicted octanol–water partition coefficient (Wildman–Crippen LogP) is 2.08. The SMILES string of the molecule is O=S(=O)(c1ccc2c(c1)OCCCO2)N1CCC(Oc2ccccn2)C1. The fourth-order valence-electron chi connectivity index (χ4n) is 3.05. The summed E-state index contributed by atoms with van der Waals surface area (Å²) in [6.45, 7) is 1.79. The van der Waals surface area contributed by atoms with Crippen molar-refractivity contribution in [3.63, 3.8) is 0 Å². The summed E-state index contributed by atoms with van der Waals surface area (Å²) >= 11 is 0. The van der Waals surface area contributed by atoms with Gasteiger partial charge in [-0.05, 0) is 24.6 Å².